The SMILES string of the molecule is CC(C)(C)S(C)(C)OCC1CCCNC1. The van der Waals surface area contributed by atoms with E-state index in [2.05, 4.69) is 38.6 Å². The summed E-state index contributed by atoms with van der Waals surface area (Å²) in [6.45, 7) is 10.1. The molecular formula is C12H27NOS. The lowest BCUT2D eigenvalue weighted by atomic mass is 10.0. The van der Waals surface area contributed by atoms with Gasteiger partial charge in [-0.15, -0.1) is 10.3 Å². The molecule has 1 saturated heterocycles. The normalized spacial score (nSPS) is 25.3. The van der Waals surface area contributed by atoms with E-state index >= 15 is 0 Å². The van der Waals surface area contributed by atoms with E-state index in [1.54, 1.807) is 0 Å². The monoisotopic (exact) mass is 233 g/mol. The molecule has 1 unspecified atom stereocenters. The Morgan fingerprint density at radius 1 is 1.33 bits per heavy atom. The van der Waals surface area contributed by atoms with E-state index in [9.17, 15) is 0 Å². The Morgan fingerprint density at radius 3 is 2.47 bits per heavy atom. The van der Waals surface area contributed by atoms with Crippen LogP contribution in [0.2, 0.25) is 0 Å². The van der Waals surface area contributed by atoms with Crippen molar-refractivity contribution < 1.29 is 4.18 Å². The largest absolute Gasteiger partial charge is 0.336 e. The standard InChI is InChI=1S/C12H27NOS/c1-12(2,3)15(4,5)14-10-11-7-6-8-13-9-11/h11,13H,6-10H2,1-5H3. The fourth-order valence-corrected chi connectivity index (χ4v) is 2.40. The van der Waals surface area contributed by atoms with Crippen molar-refractivity contribution in [2.75, 3.05) is 32.2 Å². The molecule has 0 aromatic heterocycles. The Kier molecular flexibility index (Phi) is 4.50. The van der Waals surface area contributed by atoms with Crippen LogP contribution in [0.15, 0.2) is 0 Å². The summed E-state index contributed by atoms with van der Waals surface area (Å²) in [5.41, 5.74) is 0. The fraction of sp³-hybridized carbons (Fsp3) is 1.00. The van der Waals surface area contributed by atoms with E-state index in [4.69, 9.17) is 4.18 Å². The van der Waals surface area contributed by atoms with E-state index in [1.165, 1.54) is 19.4 Å². The first-order valence-electron chi connectivity index (χ1n) is 5.91. The first-order chi connectivity index (χ1) is 6.83. The van der Waals surface area contributed by atoms with Crippen molar-refractivity contribution in [3.63, 3.8) is 0 Å². The molecule has 1 aliphatic rings. The number of nitrogens with one attached hydrogen (secondary N) is 1. The minimum Gasteiger partial charge on any atom is -0.336 e. The molecule has 15 heavy (non-hydrogen) atoms. The van der Waals surface area contributed by atoms with Gasteiger partial charge in [-0.1, -0.05) is 20.8 Å². The number of hydrogen-bond acceptors (Lipinski definition) is 2. The van der Waals surface area contributed by atoms with Gasteiger partial charge in [-0.3, -0.25) is 0 Å². The van der Waals surface area contributed by atoms with Gasteiger partial charge in [-0.25, -0.2) is 0 Å². The lowest BCUT2D eigenvalue weighted by molar-refractivity contribution is 0.235. The summed E-state index contributed by atoms with van der Waals surface area (Å²) in [6.07, 6.45) is 7.19. The molecular weight excluding hydrogens is 206 g/mol. The van der Waals surface area contributed by atoms with Crippen molar-refractivity contribution in [2.45, 2.75) is 38.4 Å². The van der Waals surface area contributed by atoms with Gasteiger partial charge in [0.2, 0.25) is 0 Å². The predicted octanol–water partition coefficient (Wildman–Crippen LogP) is 2.78. The molecule has 3 heteroatoms. The Balaban J connectivity index is 2.35. The molecule has 0 radical (unpaired) electrons. The van der Waals surface area contributed by atoms with Crippen LogP contribution >= 0.6 is 10.3 Å². The van der Waals surface area contributed by atoms with Crippen LogP contribution in [0.4, 0.5) is 0 Å². The molecule has 0 saturated carbocycles. The lowest BCUT2D eigenvalue weighted by Crippen LogP contribution is -2.34. The highest BCUT2D eigenvalue weighted by Crippen LogP contribution is 2.53. The van der Waals surface area contributed by atoms with E-state index in [-0.39, 0.29) is 4.75 Å². The van der Waals surface area contributed by atoms with Crippen LogP contribution in [0.5, 0.6) is 0 Å². The quantitative estimate of drug-likeness (QED) is 0.809. The summed E-state index contributed by atoms with van der Waals surface area (Å²) in [5.74, 6) is 0.730. The zero-order chi connectivity index (χ0) is 11.5. The van der Waals surface area contributed by atoms with Crippen LogP contribution in [0.3, 0.4) is 0 Å². The smallest absolute Gasteiger partial charge is 0.0632 e. The zero-order valence-corrected chi connectivity index (χ0v) is 11.7. The summed E-state index contributed by atoms with van der Waals surface area (Å²) in [5, 5.41) is 3.44. The summed E-state index contributed by atoms with van der Waals surface area (Å²) in [7, 11) is -0.925. The van der Waals surface area contributed by atoms with E-state index in [0.29, 0.717) is 0 Å². The molecule has 0 aromatic rings. The molecule has 0 aromatic carbocycles. The van der Waals surface area contributed by atoms with Gasteiger partial charge in [-0.2, -0.15) is 0 Å². The molecule has 0 bridgehead atoms. The average Bonchev–Trinajstić information content (AvgIpc) is 2.15. The minimum atomic E-state index is -0.925. The molecule has 1 heterocycles. The highest BCUT2D eigenvalue weighted by Gasteiger charge is 2.29. The Hall–Kier alpha value is 0.270. The molecule has 1 fully saturated rings. The molecule has 0 spiro atoms. The van der Waals surface area contributed by atoms with Crippen LogP contribution in [0.25, 0.3) is 0 Å². The van der Waals surface area contributed by atoms with Crippen LogP contribution in [-0.4, -0.2) is 37.0 Å². The van der Waals surface area contributed by atoms with E-state index in [0.717, 1.165) is 19.1 Å². The van der Waals surface area contributed by atoms with Gasteiger partial charge in [0.1, 0.15) is 0 Å². The van der Waals surface area contributed by atoms with Gasteiger partial charge in [0.25, 0.3) is 0 Å². The summed E-state index contributed by atoms with van der Waals surface area (Å²) in [6, 6.07) is 0. The van der Waals surface area contributed by atoms with Crippen LogP contribution in [0, 0.1) is 5.92 Å². The summed E-state index contributed by atoms with van der Waals surface area (Å²) < 4.78 is 6.46. The summed E-state index contributed by atoms with van der Waals surface area (Å²) in [4.78, 5) is 0. The maximum atomic E-state index is 6.18. The van der Waals surface area contributed by atoms with Crippen molar-refractivity contribution in [1.82, 2.24) is 5.32 Å². The highest BCUT2D eigenvalue weighted by atomic mass is 32.3. The van der Waals surface area contributed by atoms with Gasteiger partial charge in [0.05, 0.1) is 6.61 Å². The molecule has 2 nitrogen and oxygen atoms in total. The second kappa shape index (κ2) is 5.07. The maximum Gasteiger partial charge on any atom is 0.0632 e. The van der Waals surface area contributed by atoms with Crippen LogP contribution in [-0.2, 0) is 4.18 Å². The first-order valence-corrected chi connectivity index (χ1v) is 8.28. The van der Waals surface area contributed by atoms with E-state index < -0.39 is 10.3 Å². The van der Waals surface area contributed by atoms with Gasteiger partial charge < -0.3 is 9.50 Å². The zero-order valence-electron chi connectivity index (χ0n) is 10.9. The minimum absolute atomic E-state index is 0.287. The third-order valence-electron chi connectivity index (χ3n) is 3.47. The van der Waals surface area contributed by atoms with Crippen molar-refractivity contribution >= 4 is 10.3 Å². The maximum absolute atomic E-state index is 6.18. The predicted molar refractivity (Wildman–Crippen MR) is 70.7 cm³/mol. The average molecular weight is 233 g/mol. The van der Waals surface area contributed by atoms with Crippen LogP contribution < -0.4 is 5.32 Å². The molecule has 0 aliphatic carbocycles. The molecule has 1 N–H and O–H groups in total. The van der Waals surface area contributed by atoms with Gasteiger partial charge in [0, 0.05) is 11.3 Å². The molecule has 1 atom stereocenters. The number of piperidine rings is 1. The molecule has 92 valence electrons. The van der Waals surface area contributed by atoms with Crippen molar-refractivity contribution in [1.29, 1.82) is 0 Å². The molecule has 1 rings (SSSR count). The van der Waals surface area contributed by atoms with Gasteiger partial charge >= 0.3 is 0 Å². The second-order valence-electron chi connectivity index (χ2n) is 5.84. The lowest BCUT2D eigenvalue weighted by Gasteiger charge is -2.44. The Bertz CT molecular complexity index is 192. The topological polar surface area (TPSA) is 21.3 Å². The van der Waals surface area contributed by atoms with Gasteiger partial charge in [-0.05, 0) is 37.8 Å². The molecule has 1 aliphatic heterocycles. The fourth-order valence-electron chi connectivity index (χ4n) is 1.51. The number of rotatable bonds is 3. The molecule has 0 amide bonds. The van der Waals surface area contributed by atoms with Crippen molar-refractivity contribution in [2.24, 2.45) is 5.92 Å². The van der Waals surface area contributed by atoms with E-state index in [1.807, 2.05) is 0 Å². The third kappa shape index (κ3) is 3.97. The second-order valence-corrected chi connectivity index (χ2v) is 9.77. The van der Waals surface area contributed by atoms with Crippen molar-refractivity contribution in [3.8, 4) is 0 Å². The summed E-state index contributed by atoms with van der Waals surface area (Å²) >= 11 is 0. The van der Waals surface area contributed by atoms with Crippen LogP contribution in [0.1, 0.15) is 33.6 Å². The number of hydrogen-bond donors (Lipinski definition) is 1. The van der Waals surface area contributed by atoms with Gasteiger partial charge in [0.15, 0.2) is 0 Å². The first kappa shape index (κ1) is 13.3. The third-order valence-corrected chi connectivity index (χ3v) is 7.15. The Morgan fingerprint density at radius 2 is 2.00 bits per heavy atom. The Labute approximate surface area is 96.7 Å². The van der Waals surface area contributed by atoms with Crippen molar-refractivity contribution in [3.05, 3.63) is 0 Å². The highest BCUT2D eigenvalue weighted by molar-refractivity contribution is 8.29.